The number of nitrogens with zero attached hydrogens (tertiary/aromatic N) is 1. The van der Waals surface area contributed by atoms with Gasteiger partial charge in [0.1, 0.15) is 6.04 Å². The van der Waals surface area contributed by atoms with Gasteiger partial charge in [-0.15, -0.1) is 0 Å². The number of hydrogen-bond donors (Lipinski definition) is 2. The van der Waals surface area contributed by atoms with Crippen molar-refractivity contribution in [2.75, 3.05) is 25.6 Å². The summed E-state index contributed by atoms with van der Waals surface area (Å²) in [4.78, 5) is 13.2. The van der Waals surface area contributed by atoms with Crippen LogP contribution in [0.5, 0.6) is 0 Å². The van der Waals surface area contributed by atoms with Gasteiger partial charge < -0.3 is 10.1 Å². The molecule has 0 radical (unpaired) electrons. The molecule has 9 nitrogen and oxygen atoms in total. The predicted octanol–water partition coefficient (Wildman–Crippen LogP) is 2.18. The van der Waals surface area contributed by atoms with Gasteiger partial charge in [-0.2, -0.15) is 4.31 Å². The van der Waals surface area contributed by atoms with Crippen LogP contribution in [-0.2, 0) is 29.6 Å². The van der Waals surface area contributed by atoms with E-state index < -0.39 is 38.0 Å². The van der Waals surface area contributed by atoms with Crippen LogP contribution in [-0.4, -0.2) is 59.4 Å². The molecule has 0 saturated carbocycles. The Morgan fingerprint density at radius 3 is 2.33 bits per heavy atom. The van der Waals surface area contributed by atoms with Crippen molar-refractivity contribution in [3.8, 4) is 0 Å². The Kier molecular flexibility index (Phi) is 8.24. The van der Waals surface area contributed by atoms with Gasteiger partial charge in [-0.05, 0) is 56.2 Å². The fourth-order valence-corrected chi connectivity index (χ4v) is 6.65. The third-order valence-electron chi connectivity index (χ3n) is 5.31. The van der Waals surface area contributed by atoms with E-state index in [1.54, 1.807) is 25.1 Å². The molecule has 1 aliphatic heterocycles. The van der Waals surface area contributed by atoms with E-state index in [-0.39, 0.29) is 22.9 Å². The highest BCUT2D eigenvalue weighted by Gasteiger charge is 2.37. The summed E-state index contributed by atoms with van der Waals surface area (Å²) in [5.74, 6) is -0.448. The number of anilines is 1. The number of benzene rings is 2. The van der Waals surface area contributed by atoms with Crippen molar-refractivity contribution in [3.05, 3.63) is 54.6 Å². The van der Waals surface area contributed by atoms with Crippen LogP contribution in [0.3, 0.4) is 0 Å². The second kappa shape index (κ2) is 10.7. The fourth-order valence-electron chi connectivity index (χ4n) is 3.74. The number of nitrogens with one attached hydrogen (secondary N) is 2. The third kappa shape index (κ3) is 6.18. The van der Waals surface area contributed by atoms with Gasteiger partial charge in [0.05, 0.1) is 16.4 Å². The second-order valence-corrected chi connectivity index (χ2v) is 11.5. The Labute approximate surface area is 195 Å². The zero-order valence-electron chi connectivity index (χ0n) is 18.6. The van der Waals surface area contributed by atoms with E-state index in [0.29, 0.717) is 18.5 Å². The molecule has 2 aromatic rings. The zero-order valence-corrected chi connectivity index (χ0v) is 20.2. The van der Waals surface area contributed by atoms with Gasteiger partial charge in [0, 0.05) is 25.4 Å². The molecule has 0 aliphatic carbocycles. The highest BCUT2D eigenvalue weighted by molar-refractivity contribution is 7.89. The minimum absolute atomic E-state index is 0.0504. The van der Waals surface area contributed by atoms with Gasteiger partial charge in [-0.1, -0.05) is 24.6 Å². The van der Waals surface area contributed by atoms with Crippen molar-refractivity contribution < 1.29 is 26.4 Å². The largest absolute Gasteiger partial charge is 0.383 e. The number of amides is 1. The van der Waals surface area contributed by atoms with E-state index in [0.717, 1.165) is 6.42 Å². The van der Waals surface area contributed by atoms with Gasteiger partial charge in [0.25, 0.3) is 0 Å². The Bertz CT molecular complexity index is 1150. The minimum atomic E-state index is -3.82. The molecule has 0 unspecified atom stereocenters. The van der Waals surface area contributed by atoms with Crippen LogP contribution in [0.1, 0.15) is 26.2 Å². The van der Waals surface area contributed by atoms with Crippen LogP contribution in [0.2, 0.25) is 0 Å². The summed E-state index contributed by atoms with van der Waals surface area (Å²) in [5, 5.41) is 2.72. The first-order chi connectivity index (χ1) is 15.6. The number of piperidine rings is 1. The molecule has 0 spiro atoms. The monoisotopic (exact) mass is 495 g/mol. The molecule has 11 heteroatoms. The number of ether oxygens (including phenoxy) is 1. The van der Waals surface area contributed by atoms with Gasteiger partial charge >= 0.3 is 0 Å². The minimum Gasteiger partial charge on any atom is -0.383 e. The maximum atomic E-state index is 13.1. The lowest BCUT2D eigenvalue weighted by atomic mass is 10.0. The van der Waals surface area contributed by atoms with Crippen molar-refractivity contribution in [1.82, 2.24) is 9.03 Å². The summed E-state index contributed by atoms with van der Waals surface area (Å²) in [6, 6.07) is 12.5. The molecule has 0 aromatic heterocycles. The van der Waals surface area contributed by atoms with E-state index in [2.05, 4.69) is 10.0 Å². The summed E-state index contributed by atoms with van der Waals surface area (Å²) in [7, 11) is -6.07. The number of hydrogen-bond acceptors (Lipinski definition) is 6. The molecule has 0 bridgehead atoms. The maximum absolute atomic E-state index is 13.1. The Morgan fingerprint density at radius 2 is 1.70 bits per heavy atom. The second-order valence-electron chi connectivity index (χ2n) is 7.93. The van der Waals surface area contributed by atoms with Crippen LogP contribution >= 0.6 is 0 Å². The summed E-state index contributed by atoms with van der Waals surface area (Å²) in [6.45, 7) is 2.18. The first-order valence-electron chi connectivity index (χ1n) is 10.6. The van der Waals surface area contributed by atoms with E-state index in [1.807, 2.05) is 0 Å². The molecule has 1 aliphatic rings. The van der Waals surface area contributed by atoms with E-state index >= 15 is 0 Å². The molecule has 3 rings (SSSR count). The molecule has 1 heterocycles. The third-order valence-corrected chi connectivity index (χ3v) is 8.84. The fraction of sp³-hybridized carbons (Fsp3) is 0.409. The normalized spacial score (nSPS) is 18.5. The lowest BCUT2D eigenvalue weighted by Gasteiger charge is -2.33. The topological polar surface area (TPSA) is 122 Å². The van der Waals surface area contributed by atoms with E-state index in [9.17, 15) is 21.6 Å². The lowest BCUT2D eigenvalue weighted by Crippen LogP contribution is -2.49. The van der Waals surface area contributed by atoms with Gasteiger partial charge in [-0.25, -0.2) is 21.6 Å². The van der Waals surface area contributed by atoms with Crippen molar-refractivity contribution in [1.29, 1.82) is 0 Å². The van der Waals surface area contributed by atoms with Gasteiger partial charge in [-0.3, -0.25) is 4.79 Å². The Balaban J connectivity index is 1.73. The van der Waals surface area contributed by atoms with Crippen LogP contribution in [0, 0.1) is 0 Å². The zero-order chi connectivity index (χ0) is 24.1. The van der Waals surface area contributed by atoms with Crippen LogP contribution < -0.4 is 10.0 Å². The van der Waals surface area contributed by atoms with Crippen LogP contribution in [0.4, 0.5) is 5.69 Å². The number of sulfonamides is 2. The molecule has 1 fully saturated rings. The Hall–Kier alpha value is -2.31. The van der Waals surface area contributed by atoms with Crippen molar-refractivity contribution in [2.24, 2.45) is 0 Å². The SMILES string of the molecule is COC[C@@H](C)NS(=O)(=O)c1ccc(NC(=O)[C@H]2CCCCN2S(=O)(=O)c2ccccc2)cc1. The molecule has 1 saturated heterocycles. The number of methoxy groups -OCH3 is 1. The van der Waals surface area contributed by atoms with Gasteiger partial charge in [0.15, 0.2) is 0 Å². The smallest absolute Gasteiger partial charge is 0.243 e. The number of carbonyl (C=O) groups is 1. The molecule has 2 aromatic carbocycles. The van der Waals surface area contributed by atoms with Crippen molar-refractivity contribution in [2.45, 2.75) is 48.1 Å². The summed E-state index contributed by atoms with van der Waals surface area (Å²) < 4.78 is 59.8. The van der Waals surface area contributed by atoms with E-state index in [1.165, 1.54) is 47.8 Å². The average Bonchev–Trinajstić information content (AvgIpc) is 2.80. The summed E-state index contributed by atoms with van der Waals surface area (Å²) in [5.41, 5.74) is 0.381. The molecular formula is C22H29N3O6S2. The number of rotatable bonds is 9. The van der Waals surface area contributed by atoms with Crippen molar-refractivity contribution >= 4 is 31.6 Å². The molecule has 180 valence electrons. The van der Waals surface area contributed by atoms with Crippen LogP contribution in [0.15, 0.2) is 64.4 Å². The summed E-state index contributed by atoms with van der Waals surface area (Å²) in [6.07, 6.45) is 1.82. The highest BCUT2D eigenvalue weighted by atomic mass is 32.2. The quantitative estimate of drug-likeness (QED) is 0.550. The molecule has 2 atom stereocenters. The molecule has 2 N–H and O–H groups in total. The summed E-state index contributed by atoms with van der Waals surface area (Å²) >= 11 is 0. The lowest BCUT2D eigenvalue weighted by molar-refractivity contribution is -0.120. The predicted molar refractivity (Wildman–Crippen MR) is 125 cm³/mol. The highest BCUT2D eigenvalue weighted by Crippen LogP contribution is 2.26. The molecular weight excluding hydrogens is 466 g/mol. The average molecular weight is 496 g/mol. The Morgan fingerprint density at radius 1 is 1.03 bits per heavy atom. The maximum Gasteiger partial charge on any atom is 0.243 e. The van der Waals surface area contributed by atoms with Crippen LogP contribution in [0.25, 0.3) is 0 Å². The molecule has 1 amide bonds. The molecule has 33 heavy (non-hydrogen) atoms. The van der Waals surface area contributed by atoms with Crippen molar-refractivity contribution in [3.63, 3.8) is 0 Å². The number of carbonyl (C=O) groups excluding carboxylic acids is 1. The first kappa shape index (κ1) is 25.3. The first-order valence-corrected chi connectivity index (χ1v) is 13.6. The standard InChI is InChI=1S/C22H29N3O6S2/c1-17(16-31-2)24-32(27,28)19-13-11-18(12-14-19)23-22(26)21-10-6-7-15-25(21)33(29,30)20-8-4-3-5-9-20/h3-5,8-9,11-14,17,21,24H,6-7,10,15-16H2,1-2H3,(H,23,26)/t17-,21-/m1/s1. The van der Waals surface area contributed by atoms with E-state index in [4.69, 9.17) is 4.74 Å². The van der Waals surface area contributed by atoms with Gasteiger partial charge in [0.2, 0.25) is 26.0 Å².